The molecule has 0 bridgehead atoms. The van der Waals surface area contributed by atoms with E-state index in [0.29, 0.717) is 23.4 Å². The van der Waals surface area contributed by atoms with Crippen LogP contribution in [-0.4, -0.2) is 28.8 Å². The molecule has 0 atom stereocenters. The Morgan fingerprint density at radius 2 is 1.61 bits per heavy atom. The normalized spacial score (nSPS) is 10.5. The van der Waals surface area contributed by atoms with Crippen LogP contribution in [0.1, 0.15) is 26.4 Å². The summed E-state index contributed by atoms with van der Waals surface area (Å²) in [7, 11) is 1.50. The van der Waals surface area contributed by atoms with Gasteiger partial charge < -0.3 is 16.4 Å². The van der Waals surface area contributed by atoms with Gasteiger partial charge in [0.1, 0.15) is 0 Å². The lowest BCUT2D eigenvalue weighted by atomic mass is 9.99. The largest absolute Gasteiger partial charge is 0.382 e. The highest BCUT2D eigenvalue weighted by Crippen LogP contribution is 2.24. The van der Waals surface area contributed by atoms with Crippen molar-refractivity contribution in [1.82, 2.24) is 20.6 Å². The van der Waals surface area contributed by atoms with Gasteiger partial charge in [0.2, 0.25) is 0 Å². The fourth-order valence-corrected chi connectivity index (χ4v) is 3.49. The minimum absolute atomic E-state index is 0.0439. The summed E-state index contributed by atoms with van der Waals surface area (Å²) >= 11 is 0. The molecule has 1 aromatic heterocycles. The van der Waals surface area contributed by atoms with Crippen LogP contribution in [-0.2, 0) is 6.54 Å². The fourth-order valence-electron chi connectivity index (χ4n) is 3.49. The number of amides is 2. The first-order valence-electron chi connectivity index (χ1n) is 10.4. The lowest BCUT2D eigenvalue weighted by Gasteiger charge is -2.12. The summed E-state index contributed by atoms with van der Waals surface area (Å²) in [6, 6.07) is 25.0. The number of anilines is 1. The van der Waals surface area contributed by atoms with Crippen LogP contribution in [0.4, 0.5) is 5.82 Å². The zero-order valence-electron chi connectivity index (χ0n) is 18.1. The lowest BCUT2D eigenvalue weighted by Crippen LogP contribution is -2.23. The van der Waals surface area contributed by atoms with Gasteiger partial charge in [0.05, 0.1) is 11.9 Å². The second-order valence-electron chi connectivity index (χ2n) is 7.35. The summed E-state index contributed by atoms with van der Waals surface area (Å²) in [5, 5.41) is 5.49. The number of aromatic nitrogens is 2. The van der Waals surface area contributed by atoms with Crippen molar-refractivity contribution in [3.63, 3.8) is 0 Å². The zero-order chi connectivity index (χ0) is 23.2. The van der Waals surface area contributed by atoms with E-state index in [-0.39, 0.29) is 17.4 Å². The average molecular weight is 438 g/mol. The third-order valence-electron chi connectivity index (χ3n) is 5.21. The summed E-state index contributed by atoms with van der Waals surface area (Å²) in [6.07, 6.45) is 1.48. The number of rotatable bonds is 6. The number of nitrogens with one attached hydrogen (secondary N) is 2. The molecule has 0 fully saturated rings. The number of nitrogens with zero attached hydrogens (tertiary/aromatic N) is 2. The maximum absolute atomic E-state index is 12.9. The third-order valence-corrected chi connectivity index (χ3v) is 5.21. The average Bonchev–Trinajstić information content (AvgIpc) is 2.88. The van der Waals surface area contributed by atoms with Crippen LogP contribution < -0.4 is 16.4 Å². The van der Waals surface area contributed by atoms with Crippen LogP contribution >= 0.6 is 0 Å². The third kappa shape index (κ3) is 4.88. The molecule has 0 spiro atoms. The highest BCUT2D eigenvalue weighted by molar-refractivity contribution is 5.97. The number of hydrogen-bond donors (Lipinski definition) is 3. The van der Waals surface area contributed by atoms with Crippen LogP contribution in [0.5, 0.6) is 0 Å². The molecular formula is C26H23N5O2. The SMILES string of the molecule is CNC(=O)c1nc(-c2cccc(C(=O)NCc3ccccc3-c3ccccc3)c2)cnc1N. The van der Waals surface area contributed by atoms with Gasteiger partial charge in [-0.3, -0.25) is 9.59 Å². The number of carbonyl (C=O) groups excluding carboxylic acids is 2. The molecule has 164 valence electrons. The van der Waals surface area contributed by atoms with Crippen molar-refractivity contribution >= 4 is 17.6 Å². The number of nitrogen functional groups attached to an aromatic ring is 1. The summed E-state index contributed by atoms with van der Waals surface area (Å²) < 4.78 is 0. The molecule has 4 rings (SSSR count). The summed E-state index contributed by atoms with van der Waals surface area (Å²) in [5.41, 5.74) is 10.6. The van der Waals surface area contributed by atoms with E-state index in [2.05, 4.69) is 20.6 Å². The first kappa shape index (κ1) is 21.7. The van der Waals surface area contributed by atoms with Crippen molar-refractivity contribution in [1.29, 1.82) is 0 Å². The van der Waals surface area contributed by atoms with E-state index < -0.39 is 5.91 Å². The minimum Gasteiger partial charge on any atom is -0.382 e. The van der Waals surface area contributed by atoms with Gasteiger partial charge in [-0.2, -0.15) is 0 Å². The molecule has 0 aliphatic rings. The van der Waals surface area contributed by atoms with E-state index in [1.807, 2.05) is 54.6 Å². The summed E-state index contributed by atoms with van der Waals surface area (Å²) in [6.45, 7) is 0.386. The molecule has 4 N–H and O–H groups in total. The minimum atomic E-state index is -0.423. The highest BCUT2D eigenvalue weighted by atomic mass is 16.2. The van der Waals surface area contributed by atoms with Crippen LogP contribution in [0.2, 0.25) is 0 Å². The van der Waals surface area contributed by atoms with Crippen molar-refractivity contribution in [3.8, 4) is 22.4 Å². The van der Waals surface area contributed by atoms with Gasteiger partial charge in [0.15, 0.2) is 11.5 Å². The molecule has 0 aliphatic carbocycles. The van der Waals surface area contributed by atoms with Crippen LogP contribution in [0.15, 0.2) is 85.1 Å². The smallest absolute Gasteiger partial charge is 0.273 e. The Kier molecular flexibility index (Phi) is 6.40. The molecule has 0 saturated heterocycles. The Hall–Kier alpha value is -4.52. The number of carbonyl (C=O) groups is 2. The van der Waals surface area contributed by atoms with E-state index in [1.54, 1.807) is 24.3 Å². The van der Waals surface area contributed by atoms with Crippen molar-refractivity contribution < 1.29 is 9.59 Å². The molecule has 0 unspecified atom stereocenters. The topological polar surface area (TPSA) is 110 Å². The van der Waals surface area contributed by atoms with Gasteiger partial charge in [-0.25, -0.2) is 9.97 Å². The number of hydrogen-bond acceptors (Lipinski definition) is 5. The van der Waals surface area contributed by atoms with Gasteiger partial charge in [0.25, 0.3) is 11.8 Å². The van der Waals surface area contributed by atoms with E-state index >= 15 is 0 Å². The Bertz CT molecular complexity index is 1310. The molecular weight excluding hydrogens is 414 g/mol. The van der Waals surface area contributed by atoms with Crippen LogP contribution in [0.3, 0.4) is 0 Å². The molecule has 1 heterocycles. The van der Waals surface area contributed by atoms with Crippen LogP contribution in [0, 0.1) is 0 Å². The Morgan fingerprint density at radius 3 is 2.39 bits per heavy atom. The number of benzene rings is 3. The van der Waals surface area contributed by atoms with Crippen molar-refractivity contribution in [2.75, 3.05) is 12.8 Å². The second kappa shape index (κ2) is 9.74. The summed E-state index contributed by atoms with van der Waals surface area (Å²) in [5.74, 6) is -0.591. The maximum atomic E-state index is 12.9. The Balaban J connectivity index is 1.54. The summed E-state index contributed by atoms with van der Waals surface area (Å²) in [4.78, 5) is 33.3. The monoisotopic (exact) mass is 437 g/mol. The Morgan fingerprint density at radius 1 is 0.879 bits per heavy atom. The highest BCUT2D eigenvalue weighted by Gasteiger charge is 2.14. The van der Waals surface area contributed by atoms with Gasteiger partial charge in [-0.1, -0.05) is 66.7 Å². The fraction of sp³-hybridized carbons (Fsp3) is 0.0769. The van der Waals surface area contributed by atoms with Gasteiger partial charge in [-0.15, -0.1) is 0 Å². The lowest BCUT2D eigenvalue weighted by molar-refractivity contribution is 0.0945. The standard InChI is InChI=1S/C26H23N5O2/c1-28-26(33)23-24(27)29-16-22(31-23)18-11-7-12-19(14-18)25(32)30-15-20-10-5-6-13-21(20)17-8-3-2-4-9-17/h2-14,16H,15H2,1H3,(H2,27,29)(H,28,33)(H,30,32). The predicted molar refractivity (Wildman–Crippen MR) is 128 cm³/mol. The predicted octanol–water partition coefficient (Wildman–Crippen LogP) is 3.68. The van der Waals surface area contributed by atoms with E-state index in [1.165, 1.54) is 13.2 Å². The maximum Gasteiger partial charge on any atom is 0.273 e. The van der Waals surface area contributed by atoms with E-state index in [0.717, 1.165) is 16.7 Å². The molecule has 0 saturated carbocycles. The first-order chi connectivity index (χ1) is 16.1. The van der Waals surface area contributed by atoms with E-state index in [4.69, 9.17) is 5.73 Å². The van der Waals surface area contributed by atoms with Crippen molar-refractivity contribution in [2.45, 2.75) is 6.54 Å². The molecule has 7 nitrogen and oxygen atoms in total. The molecule has 7 heteroatoms. The van der Waals surface area contributed by atoms with Crippen molar-refractivity contribution in [3.05, 3.63) is 102 Å². The molecule has 0 radical (unpaired) electrons. The second-order valence-corrected chi connectivity index (χ2v) is 7.35. The Labute approximate surface area is 191 Å². The first-order valence-corrected chi connectivity index (χ1v) is 10.4. The number of nitrogens with two attached hydrogens (primary N) is 1. The van der Waals surface area contributed by atoms with Gasteiger partial charge >= 0.3 is 0 Å². The van der Waals surface area contributed by atoms with E-state index in [9.17, 15) is 9.59 Å². The van der Waals surface area contributed by atoms with Crippen molar-refractivity contribution in [2.24, 2.45) is 0 Å². The van der Waals surface area contributed by atoms with Gasteiger partial charge in [0, 0.05) is 24.7 Å². The quantitative estimate of drug-likeness (QED) is 0.426. The molecule has 33 heavy (non-hydrogen) atoms. The molecule has 3 aromatic carbocycles. The molecule has 0 aliphatic heterocycles. The molecule has 4 aromatic rings. The molecule has 2 amide bonds. The van der Waals surface area contributed by atoms with Crippen LogP contribution in [0.25, 0.3) is 22.4 Å². The van der Waals surface area contributed by atoms with Gasteiger partial charge in [-0.05, 0) is 28.8 Å². The zero-order valence-corrected chi connectivity index (χ0v) is 18.1.